The molecule has 1 aromatic heterocycles. The van der Waals surface area contributed by atoms with Gasteiger partial charge in [0.1, 0.15) is 22.8 Å². The summed E-state index contributed by atoms with van der Waals surface area (Å²) < 4.78 is 10.3. The van der Waals surface area contributed by atoms with Crippen LogP contribution in [-0.2, 0) is 4.74 Å². The number of carbonyl (C=O) groups is 2. The number of phenols is 1. The maximum absolute atomic E-state index is 12.4. The highest BCUT2D eigenvalue weighted by Crippen LogP contribution is 2.18. The van der Waals surface area contributed by atoms with E-state index in [0.717, 1.165) is 0 Å². The third kappa shape index (κ3) is 5.02. The van der Waals surface area contributed by atoms with Gasteiger partial charge in [0.2, 0.25) is 0 Å². The van der Waals surface area contributed by atoms with E-state index in [1.165, 1.54) is 24.3 Å². The summed E-state index contributed by atoms with van der Waals surface area (Å²) in [6, 6.07) is 15.9. The Labute approximate surface area is 172 Å². The Morgan fingerprint density at radius 1 is 1.07 bits per heavy atom. The first kappa shape index (κ1) is 20.6. The van der Waals surface area contributed by atoms with Gasteiger partial charge in [-0.1, -0.05) is 36.4 Å². The summed E-state index contributed by atoms with van der Waals surface area (Å²) in [6.07, 6.45) is 3.06. The van der Waals surface area contributed by atoms with Crippen LogP contribution in [0.15, 0.2) is 69.9 Å². The Kier molecular flexibility index (Phi) is 6.44. The molecule has 0 aliphatic rings. The van der Waals surface area contributed by atoms with Gasteiger partial charge >= 0.3 is 11.6 Å². The monoisotopic (exact) mass is 405 g/mol. The molecule has 2 aromatic carbocycles. The van der Waals surface area contributed by atoms with Gasteiger partial charge in [-0.3, -0.25) is 4.79 Å². The Balaban J connectivity index is 1.95. The minimum absolute atomic E-state index is 0.00478. The summed E-state index contributed by atoms with van der Waals surface area (Å²) in [5.74, 6) is -1.10. The Morgan fingerprint density at radius 3 is 2.43 bits per heavy atom. The number of rotatable bonds is 6. The van der Waals surface area contributed by atoms with Crippen molar-refractivity contribution in [3.63, 3.8) is 0 Å². The number of hydrogen-bond donors (Lipinski definition) is 2. The zero-order valence-corrected chi connectivity index (χ0v) is 16.1. The summed E-state index contributed by atoms with van der Waals surface area (Å²) >= 11 is 0. The highest BCUT2D eigenvalue weighted by Gasteiger charge is 2.19. The molecule has 0 radical (unpaired) electrons. The van der Waals surface area contributed by atoms with Crippen LogP contribution in [0.5, 0.6) is 5.75 Å². The molecule has 1 heterocycles. The minimum Gasteiger partial charge on any atom is -0.508 e. The van der Waals surface area contributed by atoms with Crippen LogP contribution in [-0.4, -0.2) is 23.6 Å². The van der Waals surface area contributed by atoms with E-state index in [-0.39, 0.29) is 29.4 Å². The molecule has 30 heavy (non-hydrogen) atoms. The van der Waals surface area contributed by atoms with Gasteiger partial charge < -0.3 is 19.6 Å². The molecule has 152 valence electrons. The summed E-state index contributed by atoms with van der Waals surface area (Å²) in [5.41, 5.74) is 0.0822. The number of carbonyl (C=O) groups excluding carboxylic acids is 2. The van der Waals surface area contributed by atoms with Gasteiger partial charge in [0.15, 0.2) is 0 Å². The van der Waals surface area contributed by atoms with E-state index in [0.29, 0.717) is 11.1 Å². The summed E-state index contributed by atoms with van der Waals surface area (Å²) in [6.45, 7) is 1.78. The molecule has 0 aliphatic carbocycles. The van der Waals surface area contributed by atoms with Crippen LogP contribution in [0.3, 0.4) is 0 Å². The van der Waals surface area contributed by atoms with Crippen LogP contribution in [0.25, 0.3) is 12.2 Å². The number of amides is 1. The molecular formula is C23H19NO6. The standard InChI is InChI=1S/C23H19NO6/c1-2-29-22(27)18-14-19(24-21(26)16-6-4-3-5-7-16)23(28)30-20(18)13-10-15-8-11-17(25)12-9-15/h3-14,25H,2H2,1H3,(H,24,26)/b13-10+. The van der Waals surface area contributed by atoms with Crippen LogP contribution >= 0.6 is 0 Å². The lowest BCUT2D eigenvalue weighted by molar-refractivity contribution is 0.0522. The number of benzene rings is 2. The first-order chi connectivity index (χ1) is 14.5. The summed E-state index contributed by atoms with van der Waals surface area (Å²) in [5, 5.41) is 11.8. The smallest absolute Gasteiger partial charge is 0.360 e. The van der Waals surface area contributed by atoms with Crippen LogP contribution in [0, 0.1) is 0 Å². The molecule has 0 saturated carbocycles. The van der Waals surface area contributed by atoms with Gasteiger partial charge in [-0.25, -0.2) is 9.59 Å². The molecule has 3 aromatic rings. The van der Waals surface area contributed by atoms with Crippen molar-refractivity contribution in [1.82, 2.24) is 0 Å². The van der Waals surface area contributed by atoms with Crippen LogP contribution < -0.4 is 10.9 Å². The Morgan fingerprint density at radius 2 is 1.77 bits per heavy atom. The highest BCUT2D eigenvalue weighted by molar-refractivity contribution is 6.05. The largest absolute Gasteiger partial charge is 0.508 e. The van der Waals surface area contributed by atoms with E-state index in [1.54, 1.807) is 55.5 Å². The number of nitrogens with one attached hydrogen (secondary N) is 1. The van der Waals surface area contributed by atoms with E-state index < -0.39 is 17.5 Å². The first-order valence-corrected chi connectivity index (χ1v) is 9.16. The minimum atomic E-state index is -0.808. The van der Waals surface area contributed by atoms with Crippen molar-refractivity contribution in [3.05, 3.63) is 93.5 Å². The van der Waals surface area contributed by atoms with Crippen molar-refractivity contribution >= 4 is 29.7 Å². The molecule has 0 saturated heterocycles. The van der Waals surface area contributed by atoms with Gasteiger partial charge in [0, 0.05) is 5.56 Å². The molecule has 2 N–H and O–H groups in total. The van der Waals surface area contributed by atoms with Crippen molar-refractivity contribution < 1.29 is 23.8 Å². The van der Waals surface area contributed by atoms with Gasteiger partial charge in [0.25, 0.3) is 5.91 Å². The fourth-order valence-corrected chi connectivity index (χ4v) is 2.60. The second-order valence-electron chi connectivity index (χ2n) is 6.19. The van der Waals surface area contributed by atoms with Crippen molar-refractivity contribution in [2.24, 2.45) is 0 Å². The van der Waals surface area contributed by atoms with Crippen molar-refractivity contribution in [1.29, 1.82) is 0 Å². The van der Waals surface area contributed by atoms with E-state index in [4.69, 9.17) is 9.15 Å². The molecule has 7 heteroatoms. The molecule has 0 fully saturated rings. The molecule has 0 bridgehead atoms. The normalized spacial score (nSPS) is 10.7. The first-order valence-electron chi connectivity index (χ1n) is 9.16. The van der Waals surface area contributed by atoms with Crippen LogP contribution in [0.1, 0.15) is 39.0 Å². The van der Waals surface area contributed by atoms with Crippen LogP contribution in [0.4, 0.5) is 5.69 Å². The molecule has 0 spiro atoms. The lowest BCUT2D eigenvalue weighted by Crippen LogP contribution is -2.20. The Hall–Kier alpha value is -4.13. The van der Waals surface area contributed by atoms with Crippen molar-refractivity contribution in [2.75, 3.05) is 11.9 Å². The molecule has 3 rings (SSSR count). The SMILES string of the molecule is CCOC(=O)c1cc(NC(=O)c2ccccc2)c(=O)oc1/C=C/c1ccc(O)cc1. The van der Waals surface area contributed by atoms with E-state index in [9.17, 15) is 19.5 Å². The summed E-state index contributed by atoms with van der Waals surface area (Å²) in [7, 11) is 0. The average Bonchev–Trinajstić information content (AvgIpc) is 2.75. The fourth-order valence-electron chi connectivity index (χ4n) is 2.60. The number of esters is 1. The second kappa shape index (κ2) is 9.38. The highest BCUT2D eigenvalue weighted by atomic mass is 16.5. The number of phenolic OH excluding ortho intramolecular Hbond substituents is 1. The third-order valence-electron chi connectivity index (χ3n) is 4.08. The third-order valence-corrected chi connectivity index (χ3v) is 4.08. The number of aromatic hydroxyl groups is 1. The lowest BCUT2D eigenvalue weighted by atomic mass is 10.1. The second-order valence-corrected chi connectivity index (χ2v) is 6.19. The lowest BCUT2D eigenvalue weighted by Gasteiger charge is -2.08. The van der Waals surface area contributed by atoms with Gasteiger partial charge in [-0.15, -0.1) is 0 Å². The topological polar surface area (TPSA) is 106 Å². The maximum Gasteiger partial charge on any atom is 0.360 e. The number of anilines is 1. The van der Waals surface area contributed by atoms with Crippen molar-refractivity contribution in [2.45, 2.75) is 6.92 Å². The van der Waals surface area contributed by atoms with Gasteiger partial charge in [-0.05, 0) is 48.9 Å². The predicted octanol–water partition coefficient (Wildman–Crippen LogP) is 3.94. The number of ether oxygens (including phenoxy) is 1. The maximum atomic E-state index is 12.4. The fraction of sp³-hybridized carbons (Fsp3) is 0.0870. The average molecular weight is 405 g/mol. The molecule has 0 aliphatic heterocycles. The van der Waals surface area contributed by atoms with E-state index in [2.05, 4.69) is 5.32 Å². The zero-order chi connectivity index (χ0) is 21.5. The molecule has 0 unspecified atom stereocenters. The van der Waals surface area contributed by atoms with E-state index >= 15 is 0 Å². The van der Waals surface area contributed by atoms with Crippen molar-refractivity contribution in [3.8, 4) is 5.75 Å². The zero-order valence-electron chi connectivity index (χ0n) is 16.1. The van der Waals surface area contributed by atoms with E-state index in [1.807, 2.05) is 0 Å². The predicted molar refractivity (Wildman–Crippen MR) is 112 cm³/mol. The van der Waals surface area contributed by atoms with Gasteiger partial charge in [-0.2, -0.15) is 0 Å². The summed E-state index contributed by atoms with van der Waals surface area (Å²) in [4.78, 5) is 37.1. The Bertz CT molecular complexity index is 1130. The molecule has 7 nitrogen and oxygen atoms in total. The molecular weight excluding hydrogens is 386 g/mol. The van der Waals surface area contributed by atoms with Crippen LogP contribution in [0.2, 0.25) is 0 Å². The molecule has 1 amide bonds. The van der Waals surface area contributed by atoms with Gasteiger partial charge in [0.05, 0.1) is 6.61 Å². The number of hydrogen-bond acceptors (Lipinski definition) is 6. The quantitative estimate of drug-likeness (QED) is 0.602. The molecule has 0 atom stereocenters.